The molecule has 16 heavy (non-hydrogen) atoms. The van der Waals surface area contributed by atoms with Gasteiger partial charge in [-0.3, -0.25) is 0 Å². The third kappa shape index (κ3) is 3.86. The zero-order valence-corrected chi connectivity index (χ0v) is 11.9. The van der Waals surface area contributed by atoms with Gasteiger partial charge in [-0.15, -0.1) is 0 Å². The van der Waals surface area contributed by atoms with Crippen molar-refractivity contribution in [2.45, 2.75) is 32.7 Å². The van der Waals surface area contributed by atoms with E-state index in [0.29, 0.717) is 5.92 Å². The summed E-state index contributed by atoms with van der Waals surface area (Å²) in [6.07, 6.45) is 5.59. The standard InChI is InChI=1S/C11H19IN4/c1-3-8(4-2)10(13)6-15-11-9(12)5-14-7-16-11/h5,7-8,10H,3-4,6,13H2,1-2H3,(H,14,15,16). The molecule has 0 aromatic carbocycles. The van der Waals surface area contributed by atoms with Gasteiger partial charge in [0.2, 0.25) is 0 Å². The van der Waals surface area contributed by atoms with E-state index in [9.17, 15) is 0 Å². The van der Waals surface area contributed by atoms with Crippen LogP contribution < -0.4 is 11.1 Å². The van der Waals surface area contributed by atoms with E-state index in [1.54, 1.807) is 12.5 Å². The molecule has 0 aliphatic carbocycles. The topological polar surface area (TPSA) is 63.8 Å². The lowest BCUT2D eigenvalue weighted by molar-refractivity contribution is 0.407. The molecule has 0 aliphatic rings. The van der Waals surface area contributed by atoms with Crippen molar-refractivity contribution in [3.8, 4) is 0 Å². The Balaban J connectivity index is 2.48. The molecule has 0 saturated carbocycles. The maximum atomic E-state index is 6.13. The molecule has 4 nitrogen and oxygen atoms in total. The summed E-state index contributed by atoms with van der Waals surface area (Å²) < 4.78 is 1.02. The maximum Gasteiger partial charge on any atom is 0.142 e. The SMILES string of the molecule is CCC(CC)C(N)CNc1ncncc1I. The number of nitrogens with zero attached hydrogens (tertiary/aromatic N) is 2. The van der Waals surface area contributed by atoms with E-state index >= 15 is 0 Å². The number of aromatic nitrogens is 2. The van der Waals surface area contributed by atoms with Gasteiger partial charge in [0, 0.05) is 18.8 Å². The molecule has 1 atom stereocenters. The van der Waals surface area contributed by atoms with Gasteiger partial charge in [-0.05, 0) is 28.5 Å². The first kappa shape index (κ1) is 13.6. The Bertz CT molecular complexity index is 315. The molecule has 0 bridgehead atoms. The third-order valence-corrected chi connectivity index (χ3v) is 3.62. The van der Waals surface area contributed by atoms with Crippen molar-refractivity contribution < 1.29 is 0 Å². The molecule has 5 heteroatoms. The quantitative estimate of drug-likeness (QED) is 0.784. The normalized spacial score (nSPS) is 12.8. The minimum atomic E-state index is 0.181. The van der Waals surface area contributed by atoms with Crippen LogP contribution in [0, 0.1) is 9.49 Å². The summed E-state index contributed by atoms with van der Waals surface area (Å²) in [5.41, 5.74) is 6.13. The number of rotatable bonds is 6. The Kier molecular flexibility index (Phi) is 5.97. The Labute approximate surface area is 111 Å². The van der Waals surface area contributed by atoms with Crippen molar-refractivity contribution in [3.05, 3.63) is 16.1 Å². The van der Waals surface area contributed by atoms with Crippen molar-refractivity contribution >= 4 is 28.4 Å². The van der Waals surface area contributed by atoms with Crippen molar-refractivity contribution in [1.29, 1.82) is 0 Å². The van der Waals surface area contributed by atoms with Crippen molar-refractivity contribution in [1.82, 2.24) is 9.97 Å². The number of hydrogen-bond acceptors (Lipinski definition) is 4. The fourth-order valence-corrected chi connectivity index (χ4v) is 2.21. The summed E-state index contributed by atoms with van der Waals surface area (Å²) in [6, 6.07) is 0.181. The third-order valence-electron chi connectivity index (χ3n) is 2.83. The second kappa shape index (κ2) is 7.01. The van der Waals surface area contributed by atoms with Gasteiger partial charge < -0.3 is 11.1 Å². The first-order chi connectivity index (χ1) is 7.69. The Morgan fingerprint density at radius 1 is 1.44 bits per heavy atom. The monoisotopic (exact) mass is 334 g/mol. The number of hydrogen-bond donors (Lipinski definition) is 2. The predicted octanol–water partition coefficient (Wildman–Crippen LogP) is 2.26. The summed E-state index contributed by atoms with van der Waals surface area (Å²) in [6.45, 7) is 5.13. The largest absolute Gasteiger partial charge is 0.368 e. The van der Waals surface area contributed by atoms with Gasteiger partial charge in [0.15, 0.2) is 0 Å². The smallest absolute Gasteiger partial charge is 0.142 e. The van der Waals surface area contributed by atoms with Crippen LogP contribution >= 0.6 is 22.6 Å². The van der Waals surface area contributed by atoms with Crippen LogP contribution in [0.2, 0.25) is 0 Å². The Morgan fingerprint density at radius 2 is 2.12 bits per heavy atom. The van der Waals surface area contributed by atoms with Gasteiger partial charge >= 0.3 is 0 Å². The first-order valence-electron chi connectivity index (χ1n) is 5.64. The summed E-state index contributed by atoms with van der Waals surface area (Å²) in [7, 11) is 0. The maximum absolute atomic E-state index is 6.13. The van der Waals surface area contributed by atoms with Crippen LogP contribution in [0.3, 0.4) is 0 Å². The number of anilines is 1. The lowest BCUT2D eigenvalue weighted by Crippen LogP contribution is -2.36. The van der Waals surface area contributed by atoms with Crippen LogP contribution in [0.5, 0.6) is 0 Å². The molecule has 0 saturated heterocycles. The van der Waals surface area contributed by atoms with Crippen molar-refractivity contribution in [3.63, 3.8) is 0 Å². The van der Waals surface area contributed by atoms with E-state index in [1.165, 1.54) is 0 Å². The summed E-state index contributed by atoms with van der Waals surface area (Å²) in [5, 5.41) is 3.28. The molecule has 0 fully saturated rings. The van der Waals surface area contributed by atoms with E-state index in [2.05, 4.69) is 51.7 Å². The van der Waals surface area contributed by atoms with Gasteiger partial charge in [-0.1, -0.05) is 26.7 Å². The highest BCUT2D eigenvalue weighted by Crippen LogP contribution is 2.15. The Morgan fingerprint density at radius 3 is 2.69 bits per heavy atom. The first-order valence-corrected chi connectivity index (χ1v) is 6.71. The zero-order valence-electron chi connectivity index (χ0n) is 9.78. The van der Waals surface area contributed by atoms with E-state index in [0.717, 1.165) is 28.8 Å². The molecule has 0 amide bonds. The zero-order chi connectivity index (χ0) is 12.0. The molecular formula is C11H19IN4. The fourth-order valence-electron chi connectivity index (χ4n) is 1.72. The molecule has 90 valence electrons. The molecule has 1 aromatic rings. The molecule has 0 aliphatic heterocycles. The van der Waals surface area contributed by atoms with E-state index in [1.807, 2.05) is 0 Å². The van der Waals surface area contributed by atoms with Crippen LogP contribution in [0.25, 0.3) is 0 Å². The van der Waals surface area contributed by atoms with Gasteiger partial charge in [0.25, 0.3) is 0 Å². The average Bonchev–Trinajstić information content (AvgIpc) is 2.29. The molecule has 3 N–H and O–H groups in total. The second-order valence-electron chi connectivity index (χ2n) is 3.84. The fraction of sp³-hybridized carbons (Fsp3) is 0.636. The molecule has 1 rings (SSSR count). The highest BCUT2D eigenvalue weighted by molar-refractivity contribution is 14.1. The molecule has 1 unspecified atom stereocenters. The lowest BCUT2D eigenvalue weighted by atomic mass is 9.95. The summed E-state index contributed by atoms with van der Waals surface area (Å²) in [5.74, 6) is 1.45. The summed E-state index contributed by atoms with van der Waals surface area (Å²) >= 11 is 2.21. The minimum Gasteiger partial charge on any atom is -0.368 e. The Hall–Kier alpha value is -0.430. The van der Waals surface area contributed by atoms with Crippen molar-refractivity contribution in [2.75, 3.05) is 11.9 Å². The summed E-state index contributed by atoms with van der Waals surface area (Å²) in [4.78, 5) is 8.13. The second-order valence-corrected chi connectivity index (χ2v) is 5.00. The number of nitrogens with two attached hydrogens (primary N) is 1. The number of nitrogens with one attached hydrogen (secondary N) is 1. The molecule has 0 radical (unpaired) electrons. The lowest BCUT2D eigenvalue weighted by Gasteiger charge is -2.21. The van der Waals surface area contributed by atoms with E-state index in [-0.39, 0.29) is 6.04 Å². The van der Waals surface area contributed by atoms with Crippen LogP contribution in [0.4, 0.5) is 5.82 Å². The average molecular weight is 334 g/mol. The van der Waals surface area contributed by atoms with E-state index in [4.69, 9.17) is 5.73 Å². The minimum absolute atomic E-state index is 0.181. The molecular weight excluding hydrogens is 315 g/mol. The van der Waals surface area contributed by atoms with Crippen LogP contribution in [-0.2, 0) is 0 Å². The van der Waals surface area contributed by atoms with Crippen LogP contribution in [-0.4, -0.2) is 22.6 Å². The highest BCUT2D eigenvalue weighted by Gasteiger charge is 2.14. The van der Waals surface area contributed by atoms with Crippen LogP contribution in [0.1, 0.15) is 26.7 Å². The van der Waals surface area contributed by atoms with Gasteiger partial charge in [-0.2, -0.15) is 0 Å². The highest BCUT2D eigenvalue weighted by atomic mass is 127. The van der Waals surface area contributed by atoms with Gasteiger partial charge in [0.1, 0.15) is 12.1 Å². The van der Waals surface area contributed by atoms with Crippen molar-refractivity contribution in [2.24, 2.45) is 11.7 Å². The molecule has 1 heterocycles. The van der Waals surface area contributed by atoms with Crippen LogP contribution in [0.15, 0.2) is 12.5 Å². The van der Waals surface area contributed by atoms with Gasteiger partial charge in [0.05, 0.1) is 3.57 Å². The molecule has 1 aromatic heterocycles. The van der Waals surface area contributed by atoms with Gasteiger partial charge in [-0.25, -0.2) is 9.97 Å². The number of halogens is 1. The predicted molar refractivity (Wildman–Crippen MR) is 75.3 cm³/mol. The van der Waals surface area contributed by atoms with E-state index < -0.39 is 0 Å². The molecule has 0 spiro atoms.